The molecular weight excluding hydrogens is 228 g/mol. The Hall–Kier alpha value is -1.84. The van der Waals surface area contributed by atoms with E-state index in [0.717, 1.165) is 24.9 Å². The molecule has 2 aliphatic heterocycles. The van der Waals surface area contributed by atoms with Crippen LogP contribution in [0.25, 0.3) is 0 Å². The molecule has 4 rings (SSSR count). The van der Waals surface area contributed by atoms with Crippen molar-refractivity contribution in [3.63, 3.8) is 0 Å². The van der Waals surface area contributed by atoms with Gasteiger partial charge >= 0.3 is 0 Å². The number of nitrogens with one attached hydrogen (secondary N) is 1. The summed E-state index contributed by atoms with van der Waals surface area (Å²) < 4.78 is 0. The lowest BCUT2D eigenvalue weighted by Gasteiger charge is -2.54. The van der Waals surface area contributed by atoms with E-state index in [9.17, 15) is 9.59 Å². The topological polar surface area (TPSA) is 49.4 Å². The summed E-state index contributed by atoms with van der Waals surface area (Å²) in [6.45, 7) is 1.45. The Morgan fingerprint density at radius 1 is 1.33 bits per heavy atom. The standard InChI is InChI=1S/C14H16N2O2/c17-10-15-14-6-12(7-14)9-16(13(14)18)8-11-4-2-1-3-5-11/h1-5,10,12H,6-9H2,(H,15,17). The number of benzene rings is 1. The molecule has 0 unspecified atom stereocenters. The molecule has 1 saturated carbocycles. The van der Waals surface area contributed by atoms with E-state index < -0.39 is 5.54 Å². The molecule has 2 saturated heterocycles. The van der Waals surface area contributed by atoms with Crippen molar-refractivity contribution in [3.8, 4) is 0 Å². The summed E-state index contributed by atoms with van der Waals surface area (Å²) in [6.07, 6.45) is 2.26. The van der Waals surface area contributed by atoms with Crippen molar-refractivity contribution in [1.29, 1.82) is 0 Å². The second-order valence-corrected chi connectivity index (χ2v) is 5.29. The monoisotopic (exact) mass is 244 g/mol. The maximum absolute atomic E-state index is 12.4. The zero-order valence-corrected chi connectivity index (χ0v) is 10.1. The SMILES string of the molecule is O=CNC12CC(CN(Cc3ccccc3)C1=O)C2. The van der Waals surface area contributed by atoms with E-state index in [1.165, 1.54) is 0 Å². The molecule has 0 atom stereocenters. The van der Waals surface area contributed by atoms with Gasteiger partial charge in [-0.25, -0.2) is 0 Å². The smallest absolute Gasteiger partial charge is 0.248 e. The molecule has 0 spiro atoms. The molecule has 1 aromatic rings. The molecule has 2 amide bonds. The van der Waals surface area contributed by atoms with Crippen molar-refractivity contribution in [2.45, 2.75) is 24.9 Å². The third kappa shape index (κ3) is 1.68. The molecule has 4 heteroatoms. The van der Waals surface area contributed by atoms with Crippen LogP contribution < -0.4 is 5.32 Å². The first-order chi connectivity index (χ1) is 8.73. The molecule has 1 aromatic carbocycles. The van der Waals surface area contributed by atoms with Crippen LogP contribution >= 0.6 is 0 Å². The van der Waals surface area contributed by atoms with E-state index in [-0.39, 0.29) is 5.91 Å². The summed E-state index contributed by atoms with van der Waals surface area (Å²) in [5, 5.41) is 2.72. The van der Waals surface area contributed by atoms with Crippen LogP contribution in [0.3, 0.4) is 0 Å². The van der Waals surface area contributed by atoms with E-state index in [0.29, 0.717) is 18.9 Å². The summed E-state index contributed by atoms with van der Waals surface area (Å²) in [6, 6.07) is 9.96. The minimum absolute atomic E-state index is 0.0703. The number of fused-ring (bicyclic) bond motifs is 2. The number of hydrogen-bond acceptors (Lipinski definition) is 2. The Morgan fingerprint density at radius 2 is 2.06 bits per heavy atom. The van der Waals surface area contributed by atoms with Crippen LogP contribution in [0.5, 0.6) is 0 Å². The average molecular weight is 244 g/mol. The number of nitrogens with zero attached hydrogens (tertiary/aromatic N) is 1. The number of carbonyl (C=O) groups excluding carboxylic acids is 2. The number of carbonyl (C=O) groups is 2. The lowest BCUT2D eigenvalue weighted by molar-refractivity contribution is -0.157. The Kier molecular flexibility index (Phi) is 2.58. The van der Waals surface area contributed by atoms with Gasteiger partial charge in [-0.15, -0.1) is 0 Å². The van der Waals surface area contributed by atoms with Gasteiger partial charge in [0.2, 0.25) is 12.3 Å². The number of piperidine rings is 2. The first-order valence-electron chi connectivity index (χ1n) is 6.28. The quantitative estimate of drug-likeness (QED) is 0.801. The summed E-state index contributed by atoms with van der Waals surface area (Å²) in [5.41, 5.74) is 0.535. The Morgan fingerprint density at radius 3 is 2.72 bits per heavy atom. The average Bonchev–Trinajstić information content (AvgIpc) is 2.34. The van der Waals surface area contributed by atoms with Crippen LogP contribution in [0.4, 0.5) is 0 Å². The van der Waals surface area contributed by atoms with Gasteiger partial charge in [-0.3, -0.25) is 9.59 Å². The molecule has 2 heterocycles. The lowest BCUT2D eigenvalue weighted by atomic mass is 9.64. The summed E-state index contributed by atoms with van der Waals surface area (Å²) in [7, 11) is 0. The van der Waals surface area contributed by atoms with Gasteiger partial charge in [-0.1, -0.05) is 30.3 Å². The lowest BCUT2D eigenvalue weighted by Crippen LogP contribution is -2.70. The number of hydrogen-bond donors (Lipinski definition) is 1. The van der Waals surface area contributed by atoms with Gasteiger partial charge in [0.05, 0.1) is 0 Å². The van der Waals surface area contributed by atoms with Gasteiger partial charge in [-0.05, 0) is 24.3 Å². The van der Waals surface area contributed by atoms with Crippen molar-refractivity contribution in [2.75, 3.05) is 6.54 Å². The molecule has 1 N–H and O–H groups in total. The first-order valence-corrected chi connectivity index (χ1v) is 6.28. The molecule has 3 fully saturated rings. The van der Waals surface area contributed by atoms with E-state index in [4.69, 9.17) is 0 Å². The molecule has 0 radical (unpaired) electrons. The van der Waals surface area contributed by atoms with Gasteiger partial charge in [-0.2, -0.15) is 0 Å². The summed E-state index contributed by atoms with van der Waals surface area (Å²) in [4.78, 5) is 24.9. The third-order valence-corrected chi connectivity index (χ3v) is 4.00. The van der Waals surface area contributed by atoms with Crippen LogP contribution in [-0.2, 0) is 16.1 Å². The van der Waals surface area contributed by atoms with Crippen molar-refractivity contribution in [3.05, 3.63) is 35.9 Å². The molecule has 4 nitrogen and oxygen atoms in total. The normalized spacial score (nSPS) is 29.7. The number of rotatable bonds is 4. The number of amides is 2. The summed E-state index contributed by atoms with van der Waals surface area (Å²) >= 11 is 0. The highest BCUT2D eigenvalue weighted by Crippen LogP contribution is 2.44. The Labute approximate surface area is 106 Å². The maximum atomic E-state index is 12.4. The van der Waals surface area contributed by atoms with E-state index in [2.05, 4.69) is 5.32 Å². The van der Waals surface area contributed by atoms with Crippen LogP contribution in [0.2, 0.25) is 0 Å². The Balaban J connectivity index is 1.75. The summed E-state index contributed by atoms with van der Waals surface area (Å²) in [5.74, 6) is 0.611. The molecule has 1 aliphatic carbocycles. The molecule has 2 bridgehead atoms. The molecule has 0 aromatic heterocycles. The molecule has 18 heavy (non-hydrogen) atoms. The van der Waals surface area contributed by atoms with Crippen molar-refractivity contribution in [1.82, 2.24) is 10.2 Å². The second kappa shape index (κ2) is 4.12. The van der Waals surface area contributed by atoms with Gasteiger partial charge in [0, 0.05) is 13.1 Å². The van der Waals surface area contributed by atoms with Crippen molar-refractivity contribution >= 4 is 12.3 Å². The highest BCUT2D eigenvalue weighted by molar-refractivity contribution is 5.91. The van der Waals surface area contributed by atoms with E-state index >= 15 is 0 Å². The van der Waals surface area contributed by atoms with Crippen LogP contribution in [-0.4, -0.2) is 29.3 Å². The highest BCUT2D eigenvalue weighted by atomic mass is 16.2. The minimum atomic E-state index is -0.598. The van der Waals surface area contributed by atoms with Gasteiger partial charge in [0.25, 0.3) is 0 Å². The minimum Gasteiger partial charge on any atom is -0.344 e. The van der Waals surface area contributed by atoms with Gasteiger partial charge in [0.15, 0.2) is 0 Å². The maximum Gasteiger partial charge on any atom is 0.248 e. The van der Waals surface area contributed by atoms with Crippen LogP contribution in [0.1, 0.15) is 18.4 Å². The zero-order chi connectivity index (χ0) is 12.6. The van der Waals surface area contributed by atoms with Crippen molar-refractivity contribution in [2.24, 2.45) is 5.92 Å². The highest BCUT2D eigenvalue weighted by Gasteiger charge is 2.56. The van der Waals surface area contributed by atoms with E-state index in [1.807, 2.05) is 35.2 Å². The predicted octanol–water partition coefficient (Wildman–Crippen LogP) is 0.924. The fourth-order valence-electron chi connectivity index (χ4n) is 3.16. The third-order valence-electron chi connectivity index (χ3n) is 4.00. The predicted molar refractivity (Wildman–Crippen MR) is 66.5 cm³/mol. The fraction of sp³-hybridized carbons (Fsp3) is 0.429. The second-order valence-electron chi connectivity index (χ2n) is 5.29. The van der Waals surface area contributed by atoms with Crippen LogP contribution in [0, 0.1) is 5.92 Å². The largest absolute Gasteiger partial charge is 0.344 e. The Bertz CT molecular complexity index is 466. The first kappa shape index (κ1) is 11.3. The van der Waals surface area contributed by atoms with Crippen LogP contribution in [0.15, 0.2) is 30.3 Å². The molecule has 94 valence electrons. The zero-order valence-electron chi connectivity index (χ0n) is 10.1. The van der Waals surface area contributed by atoms with Gasteiger partial charge in [0.1, 0.15) is 5.54 Å². The van der Waals surface area contributed by atoms with E-state index in [1.54, 1.807) is 0 Å². The molecule has 3 aliphatic rings. The van der Waals surface area contributed by atoms with Crippen molar-refractivity contribution < 1.29 is 9.59 Å². The van der Waals surface area contributed by atoms with Gasteiger partial charge < -0.3 is 10.2 Å². The fourth-order valence-corrected chi connectivity index (χ4v) is 3.16. The molecular formula is C14H16N2O2.